The van der Waals surface area contributed by atoms with Gasteiger partial charge >= 0.3 is 5.97 Å². The number of benzene rings is 1. The van der Waals surface area contributed by atoms with Crippen molar-refractivity contribution in [2.45, 2.75) is 311 Å². The molecule has 6 nitrogen and oxygen atoms in total. The molecule has 0 aliphatic heterocycles. The summed E-state index contributed by atoms with van der Waals surface area (Å²) in [4.78, 5) is 13.1. The monoisotopic (exact) mass is 941 g/mol. The number of carbonyl (C=O) groups is 1. The average molecular weight is 942 g/mol. The average Bonchev–Trinajstić information content (AvgIpc) is 3.33. The van der Waals surface area contributed by atoms with Crippen LogP contribution in [0.15, 0.2) is 12.1 Å². The third kappa shape index (κ3) is 37.2. The lowest BCUT2D eigenvalue weighted by Crippen LogP contribution is -2.12. The molecule has 392 valence electrons. The molecule has 1 aromatic rings. The molecule has 0 aliphatic rings. The first kappa shape index (κ1) is 62.6. The predicted molar refractivity (Wildman–Crippen MR) is 291 cm³/mol. The van der Waals surface area contributed by atoms with Gasteiger partial charge in [0.05, 0.1) is 38.1 Å². The van der Waals surface area contributed by atoms with Crippen LogP contribution in [0.5, 0.6) is 23.0 Å². The van der Waals surface area contributed by atoms with Crippen molar-refractivity contribution in [2.24, 2.45) is 0 Å². The molecule has 1 aromatic carbocycles. The number of hydrogen-bond donors (Lipinski definition) is 0. The van der Waals surface area contributed by atoms with E-state index < -0.39 is 0 Å². The minimum Gasteiger partial charge on any atom is -0.493 e. The zero-order chi connectivity index (χ0) is 48.5. The Bertz CT molecular complexity index is 1240. The second-order valence-corrected chi connectivity index (χ2v) is 20.1. The molecule has 0 amide bonds. The van der Waals surface area contributed by atoms with Gasteiger partial charge in [0, 0.05) is 12.1 Å². The van der Waals surface area contributed by atoms with E-state index in [1.807, 2.05) is 26.0 Å². The molecule has 1 unspecified atom stereocenters. The van der Waals surface area contributed by atoms with Crippen LogP contribution in [0, 0.1) is 0 Å². The Kier molecular flexibility index (Phi) is 45.5. The minimum atomic E-state index is -0.357. The smallest absolute Gasteiger partial charge is 0.331 e. The van der Waals surface area contributed by atoms with E-state index in [0.29, 0.717) is 49.4 Å². The maximum absolute atomic E-state index is 13.1. The Hall–Kier alpha value is -2.37. The number of unbranched alkanes of at least 4 members (excludes halogenated alkanes) is 36. The first-order chi connectivity index (χ1) is 33.0. The SMILES string of the molecule is CCCCCCCCCCCCOc1cc(OCCCCCCCCCCCC)c(OCCCCCCCCCCCC)c(OCCCCCCCCCCCC)c1C=CC(=O)OC(C)CC. The second kappa shape index (κ2) is 48.6. The Morgan fingerprint density at radius 3 is 1.00 bits per heavy atom. The second-order valence-electron chi connectivity index (χ2n) is 20.1. The van der Waals surface area contributed by atoms with Crippen LogP contribution >= 0.6 is 0 Å². The fraction of sp³-hybridized carbons (Fsp3) is 0.852. The molecule has 1 atom stereocenters. The summed E-state index contributed by atoms with van der Waals surface area (Å²) < 4.78 is 32.7. The van der Waals surface area contributed by atoms with E-state index in [9.17, 15) is 4.79 Å². The molecule has 0 aromatic heterocycles. The van der Waals surface area contributed by atoms with Crippen LogP contribution in [-0.4, -0.2) is 38.5 Å². The van der Waals surface area contributed by atoms with E-state index in [2.05, 4.69) is 27.7 Å². The van der Waals surface area contributed by atoms with Gasteiger partial charge in [-0.05, 0) is 45.1 Å². The van der Waals surface area contributed by atoms with Crippen LogP contribution in [0.1, 0.15) is 310 Å². The Morgan fingerprint density at radius 1 is 0.388 bits per heavy atom. The highest BCUT2D eigenvalue weighted by molar-refractivity contribution is 5.89. The van der Waals surface area contributed by atoms with E-state index in [1.54, 1.807) is 6.08 Å². The molecular weight excluding hydrogens is 829 g/mol. The van der Waals surface area contributed by atoms with Crippen molar-refractivity contribution < 1.29 is 28.5 Å². The lowest BCUT2D eigenvalue weighted by Gasteiger charge is -2.22. The Morgan fingerprint density at radius 2 is 0.672 bits per heavy atom. The molecule has 0 heterocycles. The van der Waals surface area contributed by atoms with E-state index in [1.165, 1.54) is 205 Å². The lowest BCUT2D eigenvalue weighted by atomic mass is 10.1. The van der Waals surface area contributed by atoms with Gasteiger partial charge < -0.3 is 23.7 Å². The summed E-state index contributed by atoms with van der Waals surface area (Å²) in [5, 5.41) is 0. The van der Waals surface area contributed by atoms with Crippen molar-refractivity contribution in [2.75, 3.05) is 26.4 Å². The number of carbonyl (C=O) groups excluding carboxylic acids is 1. The van der Waals surface area contributed by atoms with E-state index >= 15 is 0 Å². The maximum atomic E-state index is 13.1. The van der Waals surface area contributed by atoms with Crippen molar-refractivity contribution in [1.29, 1.82) is 0 Å². The van der Waals surface area contributed by atoms with Crippen molar-refractivity contribution >= 4 is 12.0 Å². The number of ether oxygens (including phenoxy) is 5. The fourth-order valence-corrected chi connectivity index (χ4v) is 8.82. The summed E-state index contributed by atoms with van der Waals surface area (Å²) in [5.74, 6) is 2.31. The molecule has 0 saturated carbocycles. The zero-order valence-corrected chi connectivity index (χ0v) is 45.6. The van der Waals surface area contributed by atoms with Crippen LogP contribution in [0.3, 0.4) is 0 Å². The van der Waals surface area contributed by atoms with Crippen LogP contribution in [0.25, 0.3) is 6.08 Å². The largest absolute Gasteiger partial charge is 0.493 e. The summed E-state index contributed by atoms with van der Waals surface area (Å²) in [6, 6.07) is 2.02. The molecule has 0 saturated heterocycles. The first-order valence-electron chi connectivity index (χ1n) is 29.6. The molecular formula is C61H112O6. The standard InChI is InChI=1S/C61H112O6/c1-7-12-16-20-24-28-32-36-40-44-50-63-57-54-58(64-51-45-41-37-33-29-25-21-17-13-8-2)61(66-53-47-43-39-35-31-27-23-19-15-10-4)60(56(57)48-49-59(62)67-55(6)11-5)65-52-46-42-38-34-30-26-22-18-14-9-3/h48-49,54-55H,7-47,50-53H2,1-6H3. The maximum Gasteiger partial charge on any atom is 0.331 e. The van der Waals surface area contributed by atoms with Gasteiger partial charge in [0.15, 0.2) is 11.5 Å². The van der Waals surface area contributed by atoms with Gasteiger partial charge in [0.2, 0.25) is 5.75 Å². The Labute approximate surface area is 417 Å². The van der Waals surface area contributed by atoms with Crippen LogP contribution in [0.2, 0.25) is 0 Å². The summed E-state index contributed by atoms with van der Waals surface area (Å²) in [6.07, 6.45) is 54.9. The van der Waals surface area contributed by atoms with Crippen molar-refractivity contribution in [3.05, 3.63) is 17.7 Å². The molecule has 67 heavy (non-hydrogen) atoms. The van der Waals surface area contributed by atoms with Gasteiger partial charge in [0.25, 0.3) is 0 Å². The highest BCUT2D eigenvalue weighted by Gasteiger charge is 2.23. The quantitative estimate of drug-likeness (QED) is 0.0368. The summed E-state index contributed by atoms with van der Waals surface area (Å²) in [6.45, 7) is 15.5. The van der Waals surface area contributed by atoms with Crippen molar-refractivity contribution in [3.8, 4) is 23.0 Å². The number of esters is 1. The summed E-state index contributed by atoms with van der Waals surface area (Å²) in [5.41, 5.74) is 0.740. The third-order valence-electron chi connectivity index (χ3n) is 13.5. The van der Waals surface area contributed by atoms with Gasteiger partial charge in [-0.1, -0.05) is 266 Å². The molecule has 0 bridgehead atoms. The van der Waals surface area contributed by atoms with Crippen molar-refractivity contribution in [1.82, 2.24) is 0 Å². The predicted octanol–water partition coefficient (Wildman–Crippen LogP) is 20.2. The molecule has 0 N–H and O–H groups in total. The normalized spacial score (nSPS) is 12.0. The molecule has 0 spiro atoms. The fourth-order valence-electron chi connectivity index (χ4n) is 8.82. The lowest BCUT2D eigenvalue weighted by molar-refractivity contribution is -0.142. The number of hydrogen-bond acceptors (Lipinski definition) is 6. The van der Waals surface area contributed by atoms with Crippen LogP contribution in [0.4, 0.5) is 0 Å². The first-order valence-corrected chi connectivity index (χ1v) is 29.6. The molecule has 6 heteroatoms. The summed E-state index contributed by atoms with van der Waals surface area (Å²) >= 11 is 0. The Balaban J connectivity index is 3.31. The topological polar surface area (TPSA) is 63.2 Å². The van der Waals surface area contributed by atoms with Gasteiger partial charge in [-0.3, -0.25) is 0 Å². The van der Waals surface area contributed by atoms with E-state index in [-0.39, 0.29) is 12.1 Å². The van der Waals surface area contributed by atoms with E-state index in [4.69, 9.17) is 23.7 Å². The summed E-state index contributed by atoms with van der Waals surface area (Å²) in [7, 11) is 0. The number of rotatable bonds is 52. The molecule has 0 radical (unpaired) electrons. The molecule has 0 aliphatic carbocycles. The van der Waals surface area contributed by atoms with Crippen LogP contribution in [-0.2, 0) is 9.53 Å². The van der Waals surface area contributed by atoms with E-state index in [0.717, 1.165) is 63.4 Å². The van der Waals surface area contributed by atoms with Gasteiger partial charge in [-0.2, -0.15) is 0 Å². The van der Waals surface area contributed by atoms with Gasteiger partial charge in [-0.15, -0.1) is 0 Å². The molecule has 1 rings (SSSR count). The third-order valence-corrected chi connectivity index (χ3v) is 13.5. The van der Waals surface area contributed by atoms with Crippen LogP contribution < -0.4 is 18.9 Å². The minimum absolute atomic E-state index is 0.155. The van der Waals surface area contributed by atoms with Gasteiger partial charge in [0.1, 0.15) is 5.75 Å². The highest BCUT2D eigenvalue weighted by Crippen LogP contribution is 2.47. The molecule has 0 fully saturated rings. The highest BCUT2D eigenvalue weighted by atomic mass is 16.5. The van der Waals surface area contributed by atoms with Gasteiger partial charge in [-0.25, -0.2) is 4.79 Å². The zero-order valence-electron chi connectivity index (χ0n) is 45.6. The van der Waals surface area contributed by atoms with Crippen molar-refractivity contribution in [3.63, 3.8) is 0 Å².